The fraction of sp³-hybridized carbons (Fsp3) is 0.400. The van der Waals surface area contributed by atoms with E-state index in [1.165, 1.54) is 19.2 Å². The van der Waals surface area contributed by atoms with Crippen LogP contribution < -0.4 is 15.8 Å². The van der Waals surface area contributed by atoms with Gasteiger partial charge in [-0.25, -0.2) is 13.5 Å². The number of halogens is 3. The molecule has 4 rings (SSSR count). The topological polar surface area (TPSA) is 85.2 Å². The summed E-state index contributed by atoms with van der Waals surface area (Å²) in [5.74, 6) is 0.992. The molecular formula is C20H21ClF2N6O2. The summed E-state index contributed by atoms with van der Waals surface area (Å²) in [6, 6.07) is 5.81. The van der Waals surface area contributed by atoms with Crippen LogP contribution in [0.1, 0.15) is 30.5 Å². The smallest absolute Gasteiger partial charge is 0.295 e. The van der Waals surface area contributed by atoms with E-state index in [9.17, 15) is 13.6 Å². The van der Waals surface area contributed by atoms with Gasteiger partial charge in [0.05, 0.1) is 29.7 Å². The zero-order valence-electron chi connectivity index (χ0n) is 17.0. The summed E-state index contributed by atoms with van der Waals surface area (Å²) in [4.78, 5) is 14.5. The van der Waals surface area contributed by atoms with Crippen LogP contribution >= 0.6 is 11.6 Å². The number of morpholine rings is 1. The molecule has 2 aromatic heterocycles. The van der Waals surface area contributed by atoms with Gasteiger partial charge in [0, 0.05) is 25.7 Å². The first-order valence-electron chi connectivity index (χ1n) is 9.77. The quantitative estimate of drug-likeness (QED) is 0.638. The van der Waals surface area contributed by atoms with Crippen LogP contribution in [0.15, 0.2) is 29.1 Å². The number of hydrogen-bond donors (Lipinski definition) is 1. The van der Waals surface area contributed by atoms with Crippen molar-refractivity contribution < 1.29 is 13.5 Å². The lowest BCUT2D eigenvalue weighted by Gasteiger charge is -2.27. The van der Waals surface area contributed by atoms with Gasteiger partial charge in [0.15, 0.2) is 17.2 Å². The van der Waals surface area contributed by atoms with Crippen molar-refractivity contribution in [3.05, 3.63) is 50.8 Å². The molecule has 3 heterocycles. The molecule has 0 radical (unpaired) electrons. The minimum absolute atomic E-state index is 0.000392. The molecule has 1 aromatic carbocycles. The van der Waals surface area contributed by atoms with Crippen LogP contribution in [0.4, 0.5) is 20.4 Å². The number of fused-ring (bicyclic) bond motifs is 1. The van der Waals surface area contributed by atoms with Crippen LogP contribution in [-0.2, 0) is 11.8 Å². The molecule has 3 aromatic rings. The Morgan fingerprint density at radius 3 is 2.61 bits per heavy atom. The first-order valence-corrected chi connectivity index (χ1v) is 10.1. The van der Waals surface area contributed by atoms with Gasteiger partial charge in [0.25, 0.3) is 12.0 Å². The van der Waals surface area contributed by atoms with Crippen molar-refractivity contribution in [1.29, 1.82) is 0 Å². The minimum atomic E-state index is -2.68. The molecule has 0 unspecified atom stereocenters. The van der Waals surface area contributed by atoms with Crippen molar-refractivity contribution in [1.82, 2.24) is 20.0 Å². The number of hydrogen-bond acceptors (Lipinski definition) is 7. The second-order valence-corrected chi connectivity index (χ2v) is 7.64. The summed E-state index contributed by atoms with van der Waals surface area (Å²) in [6.45, 7) is 4.26. The third-order valence-electron chi connectivity index (χ3n) is 5.23. The molecule has 1 aliphatic rings. The van der Waals surface area contributed by atoms with E-state index in [0.717, 1.165) is 4.68 Å². The van der Waals surface area contributed by atoms with E-state index in [1.807, 2.05) is 4.90 Å². The van der Waals surface area contributed by atoms with E-state index < -0.39 is 12.5 Å². The summed E-state index contributed by atoms with van der Waals surface area (Å²) >= 11 is 6.23. The van der Waals surface area contributed by atoms with E-state index >= 15 is 0 Å². The molecular weight excluding hydrogens is 430 g/mol. The van der Waals surface area contributed by atoms with E-state index in [-0.39, 0.29) is 21.7 Å². The molecule has 31 heavy (non-hydrogen) atoms. The molecule has 8 nitrogen and oxygen atoms in total. The molecule has 11 heteroatoms. The molecule has 0 amide bonds. The molecule has 1 atom stereocenters. The lowest BCUT2D eigenvalue weighted by Crippen LogP contribution is -2.37. The predicted molar refractivity (Wildman–Crippen MR) is 114 cm³/mol. The lowest BCUT2D eigenvalue weighted by molar-refractivity contribution is 0.122. The van der Waals surface area contributed by atoms with Crippen LogP contribution in [0, 0.1) is 0 Å². The van der Waals surface area contributed by atoms with Crippen molar-refractivity contribution in [3.63, 3.8) is 0 Å². The molecule has 0 bridgehead atoms. The molecule has 164 valence electrons. The van der Waals surface area contributed by atoms with Gasteiger partial charge >= 0.3 is 0 Å². The lowest BCUT2D eigenvalue weighted by atomic mass is 10.0. The molecule has 0 spiro atoms. The Bertz CT molecular complexity index is 1170. The SMILES string of the molecule is C[C@@H](Nc1nn(C)c(=O)c2nnc(N3CCOCC3)cc12)c1cccc(C(F)F)c1Cl. The van der Waals surface area contributed by atoms with Crippen molar-refractivity contribution in [2.75, 3.05) is 36.5 Å². The van der Waals surface area contributed by atoms with E-state index in [1.54, 1.807) is 19.1 Å². The Morgan fingerprint density at radius 2 is 1.90 bits per heavy atom. The zero-order chi connectivity index (χ0) is 22.1. The maximum Gasteiger partial charge on any atom is 0.295 e. The van der Waals surface area contributed by atoms with Gasteiger partial charge in [-0.1, -0.05) is 29.8 Å². The normalized spacial score (nSPS) is 15.5. The van der Waals surface area contributed by atoms with Gasteiger partial charge in [0.1, 0.15) is 0 Å². The number of nitrogens with zero attached hydrogens (tertiary/aromatic N) is 5. The average molecular weight is 451 g/mol. The number of anilines is 2. The molecule has 0 saturated carbocycles. The molecule has 0 aliphatic carbocycles. The van der Waals surface area contributed by atoms with Crippen molar-refractivity contribution >= 4 is 34.1 Å². The van der Waals surface area contributed by atoms with Gasteiger partial charge in [-0.05, 0) is 18.6 Å². The van der Waals surface area contributed by atoms with Crippen LogP contribution in [0.25, 0.3) is 10.9 Å². The van der Waals surface area contributed by atoms with Gasteiger partial charge in [-0.2, -0.15) is 5.10 Å². The van der Waals surface area contributed by atoms with Crippen molar-refractivity contribution in [2.24, 2.45) is 7.05 Å². The highest BCUT2D eigenvalue weighted by molar-refractivity contribution is 6.32. The Kier molecular flexibility index (Phi) is 6.01. The summed E-state index contributed by atoms with van der Waals surface area (Å²) < 4.78 is 33.0. The van der Waals surface area contributed by atoms with Crippen molar-refractivity contribution in [3.8, 4) is 0 Å². The summed E-state index contributed by atoms with van der Waals surface area (Å²) in [5, 5.41) is 16.4. The highest BCUT2D eigenvalue weighted by Crippen LogP contribution is 2.34. The number of nitrogens with one attached hydrogen (secondary N) is 1. The van der Waals surface area contributed by atoms with Gasteiger partial charge < -0.3 is 15.0 Å². The Balaban J connectivity index is 1.75. The first-order chi connectivity index (χ1) is 14.9. The minimum Gasteiger partial charge on any atom is -0.378 e. The highest BCUT2D eigenvalue weighted by Gasteiger charge is 2.21. The van der Waals surface area contributed by atoms with E-state index in [4.69, 9.17) is 16.3 Å². The average Bonchev–Trinajstić information content (AvgIpc) is 2.77. The first kappa shape index (κ1) is 21.4. The van der Waals surface area contributed by atoms with Gasteiger partial charge in [-0.15, -0.1) is 10.2 Å². The predicted octanol–water partition coefficient (Wildman–Crippen LogP) is 3.32. The zero-order valence-corrected chi connectivity index (χ0v) is 17.7. The van der Waals surface area contributed by atoms with Gasteiger partial charge in [-0.3, -0.25) is 4.79 Å². The van der Waals surface area contributed by atoms with Crippen LogP contribution in [0.5, 0.6) is 0 Å². The Labute approximate surface area is 181 Å². The highest BCUT2D eigenvalue weighted by atomic mass is 35.5. The second-order valence-electron chi connectivity index (χ2n) is 7.26. The van der Waals surface area contributed by atoms with Gasteiger partial charge in [0.2, 0.25) is 0 Å². The standard InChI is InChI=1S/C20H21ClF2N6O2/c1-11(12-4-3-5-13(16(12)21)18(22)23)24-19-14-10-15(29-6-8-31-9-7-29)25-26-17(14)20(30)28(2)27-19/h3-5,10-11,18H,6-9H2,1-2H3,(H,24,27)/t11-/m1/s1. The maximum atomic E-state index is 13.2. The summed E-state index contributed by atoms with van der Waals surface area (Å²) in [6.07, 6.45) is -2.68. The monoisotopic (exact) mass is 450 g/mol. The molecule has 1 fully saturated rings. The van der Waals surface area contributed by atoms with Crippen LogP contribution in [-0.4, -0.2) is 46.3 Å². The number of alkyl halides is 2. The number of ether oxygens (including phenoxy) is 1. The third-order valence-corrected chi connectivity index (χ3v) is 5.67. The van der Waals surface area contributed by atoms with E-state index in [0.29, 0.717) is 48.9 Å². The maximum absolute atomic E-state index is 13.2. The Morgan fingerprint density at radius 1 is 1.19 bits per heavy atom. The number of benzene rings is 1. The molecule has 1 N–H and O–H groups in total. The van der Waals surface area contributed by atoms with E-state index in [2.05, 4.69) is 20.6 Å². The van der Waals surface area contributed by atoms with Crippen molar-refractivity contribution in [2.45, 2.75) is 19.4 Å². The van der Waals surface area contributed by atoms with Crippen LogP contribution in [0.2, 0.25) is 5.02 Å². The second kappa shape index (κ2) is 8.72. The fourth-order valence-electron chi connectivity index (χ4n) is 3.53. The fourth-order valence-corrected chi connectivity index (χ4v) is 3.90. The summed E-state index contributed by atoms with van der Waals surface area (Å²) in [7, 11) is 1.51. The molecule has 1 aliphatic heterocycles. The third kappa shape index (κ3) is 4.17. The molecule has 1 saturated heterocycles. The number of aromatic nitrogens is 4. The largest absolute Gasteiger partial charge is 0.378 e. The number of aryl methyl sites for hydroxylation is 1. The Hall–Kier alpha value is -2.85. The summed E-state index contributed by atoms with van der Waals surface area (Å²) in [5.41, 5.74) is 0.0499. The van der Waals surface area contributed by atoms with Crippen LogP contribution in [0.3, 0.4) is 0 Å². The number of rotatable bonds is 5.